The molecule has 3 N–H and O–H groups in total. The molecule has 0 aliphatic carbocycles. The van der Waals surface area contributed by atoms with E-state index < -0.39 is 0 Å². The van der Waals surface area contributed by atoms with E-state index in [-0.39, 0.29) is 35.8 Å². The highest BCUT2D eigenvalue weighted by molar-refractivity contribution is 5.82. The number of amides is 1. The third kappa shape index (κ3) is 8.85. The Morgan fingerprint density at radius 2 is 1.72 bits per heavy atom. The van der Waals surface area contributed by atoms with E-state index in [1.54, 1.807) is 12.4 Å². The second kappa shape index (κ2) is 16.0. The smallest absolute Gasteiger partial charge is 0.327 e. The van der Waals surface area contributed by atoms with Crippen molar-refractivity contribution in [1.82, 2.24) is 34.3 Å². The number of methoxy groups -OCH3 is 1. The highest BCUT2D eigenvalue weighted by Gasteiger charge is 2.23. The second-order valence-corrected chi connectivity index (χ2v) is 11.6. The van der Waals surface area contributed by atoms with Crippen molar-refractivity contribution in [3.8, 4) is 6.01 Å². The molecule has 5 rings (SSSR count). The minimum Gasteiger partial charge on any atom is -0.469 e. The fourth-order valence-electron chi connectivity index (χ4n) is 5.55. The molecular weight excluding hydrogens is 602 g/mol. The highest BCUT2D eigenvalue weighted by Crippen LogP contribution is 2.19. The number of nitrogen functional groups attached to an aromatic ring is 1. The number of pyridine rings is 1. The van der Waals surface area contributed by atoms with Crippen molar-refractivity contribution >= 4 is 34.5 Å². The fraction of sp³-hybridized carbons (Fsp3) is 0.455. The molecule has 47 heavy (non-hydrogen) atoms. The fourth-order valence-corrected chi connectivity index (χ4v) is 5.55. The van der Waals surface area contributed by atoms with Gasteiger partial charge >= 0.3 is 17.7 Å². The topological polar surface area (TPSA) is 165 Å². The molecule has 14 nitrogen and oxygen atoms in total. The van der Waals surface area contributed by atoms with Crippen LogP contribution in [0.3, 0.4) is 0 Å². The van der Waals surface area contributed by atoms with E-state index in [1.165, 1.54) is 11.7 Å². The molecule has 4 heterocycles. The van der Waals surface area contributed by atoms with Crippen LogP contribution in [-0.4, -0.2) is 99.2 Å². The number of benzene rings is 1. The highest BCUT2D eigenvalue weighted by atomic mass is 16.5. The van der Waals surface area contributed by atoms with Crippen molar-refractivity contribution in [3.05, 3.63) is 70.4 Å². The normalized spacial score (nSPS) is 13.5. The Labute approximate surface area is 273 Å². The quantitative estimate of drug-likeness (QED) is 0.144. The summed E-state index contributed by atoms with van der Waals surface area (Å²) >= 11 is 0. The second-order valence-electron chi connectivity index (χ2n) is 11.6. The number of nitrogens with one attached hydrogen (secondary N) is 1. The summed E-state index contributed by atoms with van der Waals surface area (Å²) in [6.45, 7) is 7.09. The van der Waals surface area contributed by atoms with Crippen LogP contribution in [0.5, 0.6) is 6.01 Å². The minimum absolute atomic E-state index is 0.00505. The number of piperazine rings is 1. The molecule has 0 unspecified atom stereocenters. The summed E-state index contributed by atoms with van der Waals surface area (Å²) in [5.41, 5.74) is 9.41. The Balaban J connectivity index is 1.26. The van der Waals surface area contributed by atoms with Crippen LogP contribution in [0.2, 0.25) is 0 Å². The molecule has 1 aliphatic heterocycles. The van der Waals surface area contributed by atoms with Gasteiger partial charge in [0.1, 0.15) is 5.52 Å². The Bertz CT molecular complexity index is 1680. The Morgan fingerprint density at radius 3 is 2.43 bits per heavy atom. The Hall–Kier alpha value is -4.98. The number of esters is 1. The van der Waals surface area contributed by atoms with Crippen LogP contribution < -0.4 is 21.1 Å². The lowest BCUT2D eigenvalue weighted by Gasteiger charge is -2.36. The van der Waals surface area contributed by atoms with Crippen molar-refractivity contribution < 1.29 is 19.1 Å². The van der Waals surface area contributed by atoms with Gasteiger partial charge in [-0.25, -0.2) is 4.79 Å². The number of anilines is 2. The van der Waals surface area contributed by atoms with Crippen molar-refractivity contribution in [2.75, 3.05) is 63.6 Å². The van der Waals surface area contributed by atoms with Gasteiger partial charge in [0, 0.05) is 63.9 Å². The predicted octanol–water partition coefficient (Wildman–Crippen LogP) is 2.23. The lowest BCUT2D eigenvalue weighted by molar-refractivity contribution is -0.139. The molecule has 1 aromatic carbocycles. The number of carbonyl (C=O) groups excluding carboxylic acids is 2. The minimum atomic E-state index is -0.349. The standard InChI is InChI=1S/C33H43N9O5/c1-3-4-20-47-32-37-30(34)29-31(38-32)42(33(45)36-29)15-5-14-41(22-25-8-6-24(7-9-25)21-28(44)46-2)27(43)23-39-16-18-40(19-17-39)26-10-12-35-13-11-26/h6-13H,3-5,14-23H2,1-2H3,(H,36,45)(H2,34,37,38). The SMILES string of the molecule is CCCCOc1nc(N)c2[nH]c(=O)n(CCCN(Cc3ccc(CC(=O)OC)cc3)C(=O)CN3CCN(c4ccncc4)CC3)c2n1. The first-order valence-corrected chi connectivity index (χ1v) is 16.0. The van der Waals surface area contributed by atoms with E-state index >= 15 is 0 Å². The zero-order chi connectivity index (χ0) is 33.2. The van der Waals surface area contributed by atoms with E-state index in [9.17, 15) is 14.4 Å². The summed E-state index contributed by atoms with van der Waals surface area (Å²) in [5, 5.41) is 0. The molecule has 0 radical (unpaired) electrons. The monoisotopic (exact) mass is 645 g/mol. The summed E-state index contributed by atoms with van der Waals surface area (Å²) in [4.78, 5) is 60.2. The molecule has 3 aromatic heterocycles. The first-order valence-electron chi connectivity index (χ1n) is 16.0. The number of imidazole rings is 1. The van der Waals surface area contributed by atoms with E-state index in [0.29, 0.717) is 50.4 Å². The third-order valence-electron chi connectivity index (χ3n) is 8.25. The van der Waals surface area contributed by atoms with E-state index in [4.69, 9.17) is 15.2 Å². The van der Waals surface area contributed by atoms with E-state index in [1.807, 2.05) is 41.3 Å². The van der Waals surface area contributed by atoms with Gasteiger partial charge in [0.05, 0.1) is 26.7 Å². The number of aryl methyl sites for hydroxylation is 1. The van der Waals surface area contributed by atoms with E-state index in [0.717, 1.165) is 55.8 Å². The maximum absolute atomic E-state index is 13.8. The average molecular weight is 646 g/mol. The summed E-state index contributed by atoms with van der Waals surface area (Å²) in [6.07, 6.45) is 6.07. The lowest BCUT2D eigenvalue weighted by atomic mass is 10.1. The zero-order valence-electron chi connectivity index (χ0n) is 27.1. The predicted molar refractivity (Wildman–Crippen MR) is 178 cm³/mol. The van der Waals surface area contributed by atoms with Gasteiger partial charge in [-0.3, -0.25) is 24.0 Å². The van der Waals surface area contributed by atoms with Crippen LogP contribution in [0, 0.1) is 0 Å². The number of H-pyrrole nitrogens is 1. The summed E-state index contributed by atoms with van der Waals surface area (Å²) in [5.74, 6) is -0.156. The maximum atomic E-state index is 13.8. The number of hydrogen-bond donors (Lipinski definition) is 2. The number of fused-ring (bicyclic) bond motifs is 1. The first-order chi connectivity index (χ1) is 22.8. The number of nitrogens with two attached hydrogens (primary N) is 1. The number of nitrogens with zero attached hydrogens (tertiary/aromatic N) is 7. The Morgan fingerprint density at radius 1 is 1.00 bits per heavy atom. The zero-order valence-corrected chi connectivity index (χ0v) is 27.1. The number of hydrogen-bond acceptors (Lipinski definition) is 11. The number of aromatic amines is 1. The largest absolute Gasteiger partial charge is 0.469 e. The van der Waals surface area contributed by atoms with Gasteiger partial charge in [0.25, 0.3) is 0 Å². The van der Waals surface area contributed by atoms with Crippen molar-refractivity contribution in [1.29, 1.82) is 0 Å². The summed E-state index contributed by atoms with van der Waals surface area (Å²) in [6, 6.07) is 11.7. The van der Waals surface area contributed by atoms with Crippen LogP contribution in [0.1, 0.15) is 37.3 Å². The van der Waals surface area contributed by atoms with Gasteiger partial charge in [0.2, 0.25) is 5.91 Å². The number of rotatable bonds is 15. The summed E-state index contributed by atoms with van der Waals surface area (Å²) < 4.78 is 12.0. The van der Waals surface area contributed by atoms with Gasteiger partial charge < -0.3 is 30.0 Å². The molecule has 14 heteroatoms. The number of unbranched alkanes of at least 4 members (excludes halogenated alkanes) is 1. The average Bonchev–Trinajstić information content (AvgIpc) is 3.41. The van der Waals surface area contributed by atoms with Crippen LogP contribution in [0.25, 0.3) is 11.2 Å². The van der Waals surface area contributed by atoms with Crippen LogP contribution in [0.15, 0.2) is 53.6 Å². The number of ether oxygens (including phenoxy) is 2. The molecule has 1 fully saturated rings. The molecule has 1 amide bonds. The number of carbonyl (C=O) groups is 2. The molecule has 0 atom stereocenters. The molecular formula is C33H43N9O5. The lowest BCUT2D eigenvalue weighted by Crippen LogP contribution is -2.50. The van der Waals surface area contributed by atoms with Gasteiger partial charge in [0.15, 0.2) is 11.5 Å². The van der Waals surface area contributed by atoms with Crippen molar-refractivity contribution in [2.45, 2.75) is 45.7 Å². The van der Waals surface area contributed by atoms with Crippen molar-refractivity contribution in [3.63, 3.8) is 0 Å². The molecule has 250 valence electrons. The molecule has 0 saturated carbocycles. The van der Waals surface area contributed by atoms with Crippen LogP contribution in [0.4, 0.5) is 11.5 Å². The van der Waals surface area contributed by atoms with Gasteiger partial charge in [-0.1, -0.05) is 37.6 Å². The van der Waals surface area contributed by atoms with Gasteiger partial charge in [-0.15, -0.1) is 0 Å². The van der Waals surface area contributed by atoms with Crippen LogP contribution >= 0.6 is 0 Å². The molecule has 0 spiro atoms. The molecule has 0 bridgehead atoms. The maximum Gasteiger partial charge on any atom is 0.327 e. The third-order valence-corrected chi connectivity index (χ3v) is 8.25. The molecule has 4 aromatic rings. The van der Waals surface area contributed by atoms with Crippen LogP contribution in [-0.2, 0) is 33.8 Å². The van der Waals surface area contributed by atoms with Crippen molar-refractivity contribution in [2.24, 2.45) is 0 Å². The molecule has 1 aliphatic rings. The van der Waals surface area contributed by atoms with Gasteiger partial charge in [-0.2, -0.15) is 9.97 Å². The Kier molecular flexibility index (Phi) is 11.4. The van der Waals surface area contributed by atoms with E-state index in [2.05, 4.69) is 36.7 Å². The molecule has 1 saturated heterocycles. The number of aromatic nitrogens is 5. The van der Waals surface area contributed by atoms with Gasteiger partial charge in [-0.05, 0) is 36.1 Å². The first kappa shape index (κ1) is 33.4. The summed E-state index contributed by atoms with van der Waals surface area (Å²) in [7, 11) is 1.37.